The number of rotatable bonds is 7. The van der Waals surface area contributed by atoms with Gasteiger partial charge in [0.25, 0.3) is 0 Å². The van der Waals surface area contributed by atoms with E-state index in [9.17, 15) is 13.2 Å². The van der Waals surface area contributed by atoms with E-state index >= 15 is 0 Å². The van der Waals surface area contributed by atoms with Gasteiger partial charge >= 0.3 is 0 Å². The van der Waals surface area contributed by atoms with E-state index in [-0.39, 0.29) is 23.2 Å². The largest absolute Gasteiger partial charge is 0.315 e. The van der Waals surface area contributed by atoms with Crippen LogP contribution in [0.3, 0.4) is 0 Å². The highest BCUT2D eigenvalue weighted by Gasteiger charge is 2.24. The number of hydrogen-bond acceptors (Lipinski definition) is 4. The molecule has 0 saturated carbocycles. The Labute approximate surface area is 144 Å². The van der Waals surface area contributed by atoms with Crippen molar-refractivity contribution in [3.8, 4) is 0 Å². The predicted molar refractivity (Wildman–Crippen MR) is 93.8 cm³/mol. The van der Waals surface area contributed by atoms with Crippen LogP contribution in [-0.2, 0) is 21.2 Å². The van der Waals surface area contributed by atoms with Crippen molar-refractivity contribution < 1.29 is 13.2 Å². The van der Waals surface area contributed by atoms with Gasteiger partial charge in [-0.05, 0) is 37.1 Å². The second kappa shape index (κ2) is 8.63. The topological polar surface area (TPSA) is 78.5 Å². The van der Waals surface area contributed by atoms with Gasteiger partial charge in [0, 0.05) is 32.2 Å². The Balaban J connectivity index is 0.00000264. The third kappa shape index (κ3) is 4.91. The fourth-order valence-corrected chi connectivity index (χ4v) is 3.56. The molecule has 0 saturated heterocycles. The minimum Gasteiger partial charge on any atom is -0.315 e. The maximum atomic E-state index is 12.3. The Morgan fingerprint density at radius 2 is 2.00 bits per heavy atom. The average molecular weight is 362 g/mol. The summed E-state index contributed by atoms with van der Waals surface area (Å²) in [7, 11) is -3.55. The molecule has 0 atom stereocenters. The highest BCUT2D eigenvalue weighted by molar-refractivity contribution is 7.89. The third-order valence-electron chi connectivity index (χ3n) is 3.66. The summed E-state index contributed by atoms with van der Waals surface area (Å²) in [6, 6.07) is 4.98. The van der Waals surface area contributed by atoms with E-state index in [0.717, 1.165) is 24.9 Å². The summed E-state index contributed by atoms with van der Waals surface area (Å²) in [5.41, 5.74) is 1.72. The van der Waals surface area contributed by atoms with Crippen LogP contribution in [0.5, 0.6) is 0 Å². The molecule has 1 amide bonds. The van der Waals surface area contributed by atoms with Crippen LogP contribution in [0.1, 0.15) is 25.8 Å². The molecule has 1 aliphatic rings. The molecule has 2 N–H and O–H groups in total. The quantitative estimate of drug-likeness (QED) is 0.717. The summed E-state index contributed by atoms with van der Waals surface area (Å²) in [5.74, 6) is -0.0648. The second-order valence-electron chi connectivity index (χ2n) is 5.36. The monoisotopic (exact) mass is 361 g/mol. The van der Waals surface area contributed by atoms with Gasteiger partial charge in [-0.25, -0.2) is 13.1 Å². The zero-order chi connectivity index (χ0) is 16.2. The summed E-state index contributed by atoms with van der Waals surface area (Å²) in [6.45, 7) is 5.97. The fourth-order valence-electron chi connectivity index (χ4n) is 2.51. The standard InChI is InChI=1S/C15H23N3O3S.ClH/c1-3-7-16-8-9-17-22(20,21)14-5-4-13-6-10-18(12(2)19)15(13)11-14;/h4-5,11,16-17H,3,6-10H2,1-2H3;1H. The van der Waals surface area contributed by atoms with E-state index in [4.69, 9.17) is 0 Å². The Morgan fingerprint density at radius 1 is 1.26 bits per heavy atom. The van der Waals surface area contributed by atoms with E-state index in [1.165, 1.54) is 6.92 Å². The minimum absolute atomic E-state index is 0. The van der Waals surface area contributed by atoms with Gasteiger partial charge in [0.05, 0.1) is 4.90 Å². The van der Waals surface area contributed by atoms with Crippen molar-refractivity contribution in [3.05, 3.63) is 23.8 Å². The molecule has 0 aliphatic carbocycles. The number of sulfonamides is 1. The number of fused-ring (bicyclic) bond motifs is 1. The van der Waals surface area contributed by atoms with Crippen LogP contribution in [0.2, 0.25) is 0 Å². The van der Waals surface area contributed by atoms with E-state index in [0.29, 0.717) is 25.3 Å². The number of nitrogens with one attached hydrogen (secondary N) is 2. The van der Waals surface area contributed by atoms with Crippen molar-refractivity contribution in [1.82, 2.24) is 10.0 Å². The SMILES string of the molecule is CCCNCCNS(=O)(=O)c1ccc2c(c1)N(C(C)=O)CC2.Cl. The number of amides is 1. The highest BCUT2D eigenvalue weighted by atomic mass is 35.5. The van der Waals surface area contributed by atoms with Gasteiger partial charge in [-0.2, -0.15) is 0 Å². The van der Waals surface area contributed by atoms with Crippen molar-refractivity contribution in [2.24, 2.45) is 0 Å². The van der Waals surface area contributed by atoms with Crippen molar-refractivity contribution in [2.75, 3.05) is 31.1 Å². The maximum Gasteiger partial charge on any atom is 0.240 e. The third-order valence-corrected chi connectivity index (χ3v) is 5.12. The average Bonchev–Trinajstić information content (AvgIpc) is 2.90. The van der Waals surface area contributed by atoms with Crippen molar-refractivity contribution in [2.45, 2.75) is 31.6 Å². The zero-order valence-corrected chi connectivity index (χ0v) is 15.1. The molecule has 23 heavy (non-hydrogen) atoms. The molecule has 0 radical (unpaired) electrons. The van der Waals surface area contributed by atoms with Crippen LogP contribution in [0.25, 0.3) is 0 Å². The van der Waals surface area contributed by atoms with Crippen LogP contribution in [0, 0.1) is 0 Å². The van der Waals surface area contributed by atoms with Crippen molar-refractivity contribution >= 4 is 34.0 Å². The minimum atomic E-state index is -3.55. The van der Waals surface area contributed by atoms with Crippen LogP contribution in [0.15, 0.2) is 23.1 Å². The number of nitrogens with zero attached hydrogens (tertiary/aromatic N) is 1. The van der Waals surface area contributed by atoms with Gasteiger partial charge in [-0.1, -0.05) is 13.0 Å². The first-order valence-corrected chi connectivity index (χ1v) is 9.05. The lowest BCUT2D eigenvalue weighted by Crippen LogP contribution is -2.32. The fraction of sp³-hybridized carbons (Fsp3) is 0.533. The molecule has 6 nitrogen and oxygen atoms in total. The summed E-state index contributed by atoms with van der Waals surface area (Å²) >= 11 is 0. The second-order valence-corrected chi connectivity index (χ2v) is 7.13. The molecule has 1 aromatic rings. The first-order valence-electron chi connectivity index (χ1n) is 7.57. The van der Waals surface area contributed by atoms with Crippen LogP contribution >= 0.6 is 12.4 Å². The first-order chi connectivity index (χ1) is 10.5. The molecular formula is C15H24ClN3O3S. The number of benzene rings is 1. The van der Waals surface area contributed by atoms with Crippen LogP contribution in [-0.4, -0.2) is 40.5 Å². The number of carbonyl (C=O) groups excluding carboxylic acids is 1. The van der Waals surface area contributed by atoms with Gasteiger partial charge < -0.3 is 10.2 Å². The Hall–Kier alpha value is -1.15. The molecule has 0 bridgehead atoms. The van der Waals surface area contributed by atoms with E-state index < -0.39 is 10.0 Å². The van der Waals surface area contributed by atoms with Crippen molar-refractivity contribution in [1.29, 1.82) is 0 Å². The van der Waals surface area contributed by atoms with E-state index in [2.05, 4.69) is 17.0 Å². The molecule has 0 unspecified atom stereocenters. The molecule has 0 fully saturated rings. The lowest BCUT2D eigenvalue weighted by Gasteiger charge is -2.16. The van der Waals surface area contributed by atoms with Gasteiger partial charge in [0.2, 0.25) is 15.9 Å². The maximum absolute atomic E-state index is 12.3. The summed E-state index contributed by atoms with van der Waals surface area (Å²) in [5, 5.41) is 3.14. The zero-order valence-electron chi connectivity index (χ0n) is 13.5. The number of hydrogen-bond donors (Lipinski definition) is 2. The van der Waals surface area contributed by atoms with Gasteiger partial charge in [-0.15, -0.1) is 12.4 Å². The molecule has 1 heterocycles. The number of halogens is 1. The molecule has 1 aliphatic heterocycles. The van der Waals surface area contributed by atoms with E-state index in [1.54, 1.807) is 23.1 Å². The smallest absolute Gasteiger partial charge is 0.240 e. The Morgan fingerprint density at radius 3 is 2.65 bits per heavy atom. The molecule has 1 aromatic carbocycles. The van der Waals surface area contributed by atoms with E-state index in [1.807, 2.05) is 0 Å². The highest BCUT2D eigenvalue weighted by Crippen LogP contribution is 2.30. The Bertz CT molecular complexity index is 649. The summed E-state index contributed by atoms with van der Waals surface area (Å²) < 4.78 is 27.2. The van der Waals surface area contributed by atoms with Gasteiger partial charge in [0.15, 0.2) is 0 Å². The summed E-state index contributed by atoms with van der Waals surface area (Å²) in [6.07, 6.45) is 1.78. The lowest BCUT2D eigenvalue weighted by molar-refractivity contribution is -0.116. The van der Waals surface area contributed by atoms with Gasteiger partial charge in [-0.3, -0.25) is 4.79 Å². The van der Waals surface area contributed by atoms with Crippen LogP contribution in [0.4, 0.5) is 5.69 Å². The van der Waals surface area contributed by atoms with Crippen molar-refractivity contribution in [3.63, 3.8) is 0 Å². The molecule has 0 aromatic heterocycles. The number of anilines is 1. The molecule has 130 valence electrons. The Kier molecular flexibility index (Phi) is 7.47. The summed E-state index contributed by atoms with van der Waals surface area (Å²) in [4.78, 5) is 13.4. The molecule has 8 heteroatoms. The van der Waals surface area contributed by atoms with Gasteiger partial charge in [0.1, 0.15) is 0 Å². The molecule has 0 spiro atoms. The number of carbonyl (C=O) groups is 1. The predicted octanol–water partition coefficient (Wildman–Crippen LogP) is 1.30. The van der Waals surface area contributed by atoms with Crippen LogP contribution < -0.4 is 14.9 Å². The lowest BCUT2D eigenvalue weighted by atomic mass is 10.2. The molecular weight excluding hydrogens is 338 g/mol. The normalized spacial score (nSPS) is 13.6. The molecule has 2 rings (SSSR count). The first kappa shape index (κ1) is 19.9.